The van der Waals surface area contributed by atoms with E-state index >= 15 is 0 Å². The number of nitrogens with one attached hydrogen (secondary N) is 1. The number of benzene rings is 1. The number of halogens is 2. The number of ether oxygens (including phenoxy) is 1. The minimum atomic E-state index is -2.48. The lowest BCUT2D eigenvalue weighted by molar-refractivity contribution is 0.151. The third-order valence-electron chi connectivity index (χ3n) is 3.77. The summed E-state index contributed by atoms with van der Waals surface area (Å²) in [5, 5.41) is 0. The average Bonchev–Trinajstić information content (AvgIpc) is 3.14. The molecule has 2 heterocycles. The first-order chi connectivity index (χ1) is 11.7. The summed E-state index contributed by atoms with van der Waals surface area (Å²) in [6.07, 6.45) is 3.04. The van der Waals surface area contributed by atoms with E-state index in [0.29, 0.717) is 12.4 Å². The molecule has 0 aliphatic heterocycles. The van der Waals surface area contributed by atoms with E-state index in [1.165, 1.54) is 19.2 Å². The summed E-state index contributed by atoms with van der Waals surface area (Å²) >= 11 is 0. The molecule has 24 heavy (non-hydrogen) atoms. The van der Waals surface area contributed by atoms with Gasteiger partial charge in [-0.25, -0.2) is 23.7 Å². The van der Waals surface area contributed by atoms with Crippen molar-refractivity contribution < 1.29 is 13.5 Å². The number of methoxy groups -OCH3 is 1. The third kappa shape index (κ3) is 3.56. The first kappa shape index (κ1) is 16.0. The first-order valence-corrected chi connectivity index (χ1v) is 7.39. The number of hydrogen-bond donors (Lipinski definition) is 1. The van der Waals surface area contributed by atoms with E-state index < -0.39 is 6.43 Å². The molecule has 0 fully saturated rings. The summed E-state index contributed by atoms with van der Waals surface area (Å²) in [6.45, 7) is 0. The first-order valence-electron chi connectivity index (χ1n) is 7.39. The van der Waals surface area contributed by atoms with Crippen LogP contribution in [0.4, 0.5) is 8.78 Å². The second-order valence-corrected chi connectivity index (χ2v) is 5.27. The Kier molecular flexibility index (Phi) is 4.79. The number of alkyl halides is 2. The largest absolute Gasteiger partial charge is 0.467 e. The van der Waals surface area contributed by atoms with E-state index in [9.17, 15) is 8.78 Å². The molecule has 0 amide bonds. The van der Waals surface area contributed by atoms with Crippen LogP contribution in [0, 0.1) is 0 Å². The molecule has 0 radical (unpaired) electrons. The molecule has 0 saturated carbocycles. The van der Waals surface area contributed by atoms with E-state index in [2.05, 4.69) is 19.9 Å². The van der Waals surface area contributed by atoms with Gasteiger partial charge in [0.15, 0.2) is 0 Å². The van der Waals surface area contributed by atoms with Crippen molar-refractivity contribution in [2.24, 2.45) is 0 Å². The third-order valence-corrected chi connectivity index (χ3v) is 3.77. The molecule has 124 valence electrons. The van der Waals surface area contributed by atoms with E-state index in [4.69, 9.17) is 4.74 Å². The van der Waals surface area contributed by atoms with Crippen LogP contribution in [0.3, 0.4) is 0 Å². The zero-order valence-corrected chi connectivity index (χ0v) is 13.0. The highest BCUT2D eigenvalue weighted by molar-refractivity contribution is 5.32. The zero-order chi connectivity index (χ0) is 16.9. The quantitative estimate of drug-likeness (QED) is 0.751. The summed E-state index contributed by atoms with van der Waals surface area (Å²) in [5.74, 6) is -0.0844. The van der Waals surface area contributed by atoms with Crippen LogP contribution in [0.5, 0.6) is 6.01 Å². The number of hydrogen-bond acceptors (Lipinski definition) is 4. The normalized spacial score (nSPS) is 12.3. The lowest BCUT2D eigenvalue weighted by Gasteiger charge is -2.16. The van der Waals surface area contributed by atoms with E-state index in [0.717, 1.165) is 17.0 Å². The molecule has 2 aromatic heterocycles. The van der Waals surface area contributed by atoms with Crippen LogP contribution in [0.1, 0.15) is 34.9 Å². The highest BCUT2D eigenvalue weighted by Crippen LogP contribution is 2.28. The molecule has 1 atom stereocenters. The minimum absolute atomic E-state index is 0.00539. The molecular weight excluding hydrogens is 314 g/mol. The van der Waals surface area contributed by atoms with Gasteiger partial charge in [0.25, 0.3) is 6.43 Å². The van der Waals surface area contributed by atoms with E-state index in [1.54, 1.807) is 36.9 Å². The van der Waals surface area contributed by atoms with Gasteiger partial charge in [-0.05, 0) is 11.6 Å². The molecular formula is C17H16F2N4O. The topological polar surface area (TPSA) is 63.7 Å². The van der Waals surface area contributed by atoms with Crippen LogP contribution >= 0.6 is 0 Å². The van der Waals surface area contributed by atoms with E-state index in [-0.39, 0.29) is 11.5 Å². The van der Waals surface area contributed by atoms with Crippen molar-refractivity contribution in [2.75, 3.05) is 7.11 Å². The minimum Gasteiger partial charge on any atom is -0.467 e. The number of aromatic nitrogens is 4. The molecule has 1 N–H and O–H groups in total. The van der Waals surface area contributed by atoms with Gasteiger partial charge in [-0.2, -0.15) is 0 Å². The zero-order valence-electron chi connectivity index (χ0n) is 13.0. The van der Waals surface area contributed by atoms with Gasteiger partial charge in [0.05, 0.1) is 13.4 Å². The Labute approximate surface area is 137 Å². The molecule has 0 saturated heterocycles. The van der Waals surface area contributed by atoms with Gasteiger partial charge in [-0.15, -0.1) is 0 Å². The number of aromatic amines is 1. The van der Waals surface area contributed by atoms with Gasteiger partial charge in [0, 0.05) is 41.7 Å². The van der Waals surface area contributed by atoms with Gasteiger partial charge in [0.1, 0.15) is 0 Å². The Balaban J connectivity index is 1.92. The predicted molar refractivity (Wildman–Crippen MR) is 84.1 cm³/mol. The number of H-pyrrole nitrogens is 1. The van der Waals surface area contributed by atoms with E-state index in [1.807, 2.05) is 0 Å². The summed E-state index contributed by atoms with van der Waals surface area (Å²) < 4.78 is 30.6. The fourth-order valence-electron chi connectivity index (χ4n) is 2.54. The molecule has 0 aliphatic rings. The molecule has 0 spiro atoms. The van der Waals surface area contributed by atoms with Crippen molar-refractivity contribution in [3.63, 3.8) is 0 Å². The predicted octanol–water partition coefficient (Wildman–Crippen LogP) is 3.52. The highest BCUT2D eigenvalue weighted by Gasteiger charge is 2.18. The van der Waals surface area contributed by atoms with Gasteiger partial charge >= 0.3 is 6.01 Å². The molecule has 3 aromatic rings. The Hall–Kier alpha value is -2.83. The molecule has 0 aliphatic carbocycles. The van der Waals surface area contributed by atoms with Crippen molar-refractivity contribution in [3.8, 4) is 6.01 Å². The van der Waals surface area contributed by atoms with Crippen LogP contribution in [0.15, 0.2) is 49.1 Å². The van der Waals surface area contributed by atoms with Crippen molar-refractivity contribution in [3.05, 3.63) is 71.6 Å². The molecule has 1 aromatic carbocycles. The highest BCUT2D eigenvalue weighted by atomic mass is 19.3. The summed E-state index contributed by atoms with van der Waals surface area (Å²) in [4.78, 5) is 15.5. The Bertz CT molecular complexity index is 776. The summed E-state index contributed by atoms with van der Waals surface area (Å²) in [5.41, 5.74) is 2.59. The maximum atomic E-state index is 12.8. The number of rotatable bonds is 6. The lowest BCUT2D eigenvalue weighted by atomic mass is 9.91. The maximum absolute atomic E-state index is 12.8. The van der Waals surface area contributed by atoms with Crippen LogP contribution in [0.25, 0.3) is 0 Å². The number of imidazole rings is 1. The van der Waals surface area contributed by atoms with Crippen molar-refractivity contribution in [1.82, 2.24) is 19.9 Å². The fourth-order valence-corrected chi connectivity index (χ4v) is 2.54. The number of nitrogens with zero attached hydrogens (tertiary/aromatic N) is 3. The molecule has 1 unspecified atom stereocenters. The van der Waals surface area contributed by atoms with Gasteiger partial charge < -0.3 is 9.72 Å². The van der Waals surface area contributed by atoms with Gasteiger partial charge in [0.2, 0.25) is 0 Å². The van der Waals surface area contributed by atoms with Crippen LogP contribution in [-0.2, 0) is 6.42 Å². The van der Waals surface area contributed by atoms with Crippen molar-refractivity contribution in [2.45, 2.75) is 18.8 Å². The summed E-state index contributed by atoms with van der Waals surface area (Å²) in [6, 6.07) is 8.42. The Morgan fingerprint density at radius 1 is 1.12 bits per heavy atom. The van der Waals surface area contributed by atoms with Crippen LogP contribution < -0.4 is 4.74 Å². The van der Waals surface area contributed by atoms with Gasteiger partial charge in [-0.3, -0.25) is 0 Å². The monoisotopic (exact) mass is 330 g/mol. The lowest BCUT2D eigenvalue weighted by Crippen LogP contribution is -2.08. The maximum Gasteiger partial charge on any atom is 0.316 e. The van der Waals surface area contributed by atoms with Crippen molar-refractivity contribution in [1.29, 1.82) is 0 Å². The smallest absolute Gasteiger partial charge is 0.316 e. The second kappa shape index (κ2) is 7.16. The molecule has 7 heteroatoms. The van der Waals surface area contributed by atoms with Crippen LogP contribution in [0.2, 0.25) is 0 Å². The van der Waals surface area contributed by atoms with Crippen LogP contribution in [-0.4, -0.2) is 27.0 Å². The Morgan fingerprint density at radius 2 is 1.88 bits per heavy atom. The van der Waals surface area contributed by atoms with Crippen molar-refractivity contribution >= 4 is 0 Å². The fraction of sp³-hybridized carbons (Fsp3) is 0.235. The molecule has 3 rings (SSSR count). The molecule has 5 nitrogen and oxygen atoms in total. The second-order valence-electron chi connectivity index (χ2n) is 5.27. The standard InChI is InChI=1S/C17H16F2N4O/c1-24-17-21-7-6-13(23-17)8-14(15-9-20-10-22-15)11-2-4-12(5-3-11)16(18)19/h2-7,9-10,14,16H,8H2,1H3,(H,20,22). The summed E-state index contributed by atoms with van der Waals surface area (Å²) in [7, 11) is 1.51. The SMILES string of the molecule is COc1nccc(CC(c2ccc(C(F)F)cc2)c2cnc[nH]2)n1. The van der Waals surface area contributed by atoms with Gasteiger partial charge in [-0.1, -0.05) is 24.3 Å². The average molecular weight is 330 g/mol. The Morgan fingerprint density at radius 3 is 2.50 bits per heavy atom. The molecule has 0 bridgehead atoms.